The van der Waals surface area contributed by atoms with E-state index in [-0.39, 0.29) is 36.5 Å². The molecule has 1 aromatic rings. The summed E-state index contributed by atoms with van der Waals surface area (Å²) < 4.78 is 0. The Hall–Kier alpha value is -2.13. The molecule has 0 spiro atoms. The Morgan fingerprint density at radius 1 is 1.36 bits per heavy atom. The van der Waals surface area contributed by atoms with Crippen molar-refractivity contribution in [2.24, 2.45) is 5.92 Å². The maximum Gasteiger partial charge on any atom is 0.277 e. The van der Waals surface area contributed by atoms with Gasteiger partial charge in [-0.05, 0) is 12.8 Å². The minimum absolute atomic E-state index is 0.0908. The van der Waals surface area contributed by atoms with Gasteiger partial charge in [0.1, 0.15) is 5.69 Å². The van der Waals surface area contributed by atoms with Crippen molar-refractivity contribution in [3.05, 3.63) is 10.4 Å². The molecule has 5 N–H and O–H groups in total. The van der Waals surface area contributed by atoms with E-state index in [0.29, 0.717) is 37.6 Å². The van der Waals surface area contributed by atoms with Crippen LogP contribution in [0.5, 0.6) is 0 Å². The van der Waals surface area contributed by atoms with Gasteiger partial charge in [0.2, 0.25) is 11.9 Å². The van der Waals surface area contributed by atoms with E-state index in [1.165, 1.54) is 0 Å². The van der Waals surface area contributed by atoms with Gasteiger partial charge < -0.3 is 20.4 Å². The topological polar surface area (TPSA) is 131 Å². The van der Waals surface area contributed by atoms with E-state index in [1.54, 1.807) is 0 Å². The fourth-order valence-corrected chi connectivity index (χ4v) is 2.65. The minimum atomic E-state index is -0.336. The largest absolute Gasteiger partial charge is 0.396 e. The number of hydrogen-bond acceptors (Lipinski definition) is 7. The second kappa shape index (κ2) is 9.38. The van der Waals surface area contributed by atoms with Gasteiger partial charge in [-0.25, -0.2) is 0 Å². The Morgan fingerprint density at radius 2 is 2.12 bits per heavy atom. The number of aromatic nitrogens is 2. The first kappa shape index (κ1) is 19.2. The summed E-state index contributed by atoms with van der Waals surface area (Å²) in [5, 5.41) is 23.9. The molecule has 0 saturated carbocycles. The fourth-order valence-electron chi connectivity index (χ4n) is 2.65. The molecule has 2 heterocycles. The van der Waals surface area contributed by atoms with E-state index < -0.39 is 0 Å². The standard InChI is InChI=1S/C16H27N5O4/c1-2-3-4-5-12(24)18-16-19-14-13(15(25)20-16)17-10-21(14)7-6-11(8-22)9-23/h11,17,22-23H,2-10H2,1H3,(H2,18,19,20,24,25). The number of fused-ring (bicyclic) bond motifs is 1. The lowest BCUT2D eigenvalue weighted by Gasteiger charge is -2.19. The summed E-state index contributed by atoms with van der Waals surface area (Å²) in [6.07, 6.45) is 3.78. The quantitative estimate of drug-likeness (QED) is 0.386. The molecule has 0 bridgehead atoms. The third kappa shape index (κ3) is 5.17. The lowest BCUT2D eigenvalue weighted by molar-refractivity contribution is -0.116. The Kier molecular flexibility index (Phi) is 7.20. The summed E-state index contributed by atoms with van der Waals surface area (Å²) in [4.78, 5) is 32.8. The van der Waals surface area contributed by atoms with E-state index in [0.717, 1.165) is 19.3 Å². The highest BCUT2D eigenvalue weighted by Crippen LogP contribution is 2.26. The number of aliphatic hydroxyl groups excluding tert-OH is 2. The van der Waals surface area contributed by atoms with Crippen LogP contribution in [0, 0.1) is 5.92 Å². The molecule has 0 radical (unpaired) electrons. The number of nitrogens with zero attached hydrogens (tertiary/aromatic N) is 2. The summed E-state index contributed by atoms with van der Waals surface area (Å²) >= 11 is 0. The molecule has 9 heteroatoms. The Labute approximate surface area is 146 Å². The van der Waals surface area contributed by atoms with E-state index >= 15 is 0 Å². The molecule has 0 aromatic carbocycles. The molecule has 9 nitrogen and oxygen atoms in total. The highest BCUT2D eigenvalue weighted by molar-refractivity contribution is 5.89. The van der Waals surface area contributed by atoms with E-state index in [2.05, 4.69) is 27.5 Å². The molecule has 0 aliphatic carbocycles. The van der Waals surface area contributed by atoms with Gasteiger partial charge in [0.25, 0.3) is 5.56 Å². The van der Waals surface area contributed by atoms with Crippen LogP contribution in [0.1, 0.15) is 39.0 Å². The number of carbonyl (C=O) groups is 1. The Balaban J connectivity index is 2.04. The van der Waals surface area contributed by atoms with Crippen molar-refractivity contribution in [1.29, 1.82) is 0 Å². The molecule has 0 atom stereocenters. The van der Waals surface area contributed by atoms with Crippen LogP contribution in [-0.4, -0.2) is 52.5 Å². The predicted molar refractivity (Wildman–Crippen MR) is 95.7 cm³/mol. The summed E-state index contributed by atoms with van der Waals surface area (Å²) in [5.74, 6) is 0.237. The number of aliphatic hydroxyl groups is 2. The number of H-pyrrole nitrogens is 1. The van der Waals surface area contributed by atoms with Crippen molar-refractivity contribution >= 4 is 23.4 Å². The van der Waals surface area contributed by atoms with Gasteiger partial charge in [-0.2, -0.15) is 4.98 Å². The maximum atomic E-state index is 12.2. The Bertz CT molecular complexity index is 629. The molecule has 0 unspecified atom stereocenters. The van der Waals surface area contributed by atoms with Crippen molar-refractivity contribution < 1.29 is 15.0 Å². The molecule has 1 amide bonds. The van der Waals surface area contributed by atoms with Gasteiger partial charge in [0.05, 0.1) is 6.67 Å². The highest BCUT2D eigenvalue weighted by Gasteiger charge is 2.25. The number of anilines is 3. The van der Waals surface area contributed by atoms with Crippen LogP contribution >= 0.6 is 0 Å². The lowest BCUT2D eigenvalue weighted by Crippen LogP contribution is -2.28. The molecule has 140 valence electrons. The summed E-state index contributed by atoms with van der Waals surface area (Å²) in [5.41, 5.74) is 0.0331. The third-order valence-electron chi connectivity index (χ3n) is 4.24. The second-order valence-electron chi connectivity index (χ2n) is 6.24. The van der Waals surface area contributed by atoms with E-state index in [9.17, 15) is 9.59 Å². The zero-order valence-corrected chi connectivity index (χ0v) is 14.5. The van der Waals surface area contributed by atoms with Crippen LogP contribution in [-0.2, 0) is 4.79 Å². The normalized spacial score (nSPS) is 13.0. The Morgan fingerprint density at radius 3 is 2.80 bits per heavy atom. The average Bonchev–Trinajstić information content (AvgIpc) is 2.99. The molecule has 2 rings (SSSR count). The average molecular weight is 353 g/mol. The molecule has 1 aromatic heterocycles. The van der Waals surface area contributed by atoms with Gasteiger partial charge >= 0.3 is 0 Å². The number of amides is 1. The van der Waals surface area contributed by atoms with E-state index in [1.807, 2.05) is 4.90 Å². The number of unbranched alkanes of at least 4 members (excludes halogenated alkanes) is 2. The molecular formula is C16H27N5O4. The smallest absolute Gasteiger partial charge is 0.277 e. The summed E-state index contributed by atoms with van der Waals surface area (Å²) in [7, 11) is 0. The van der Waals surface area contributed by atoms with Crippen molar-refractivity contribution in [3.63, 3.8) is 0 Å². The number of aromatic amines is 1. The molecular weight excluding hydrogens is 326 g/mol. The van der Waals surface area contributed by atoms with E-state index in [4.69, 9.17) is 10.2 Å². The second-order valence-corrected chi connectivity index (χ2v) is 6.24. The fraction of sp³-hybridized carbons (Fsp3) is 0.688. The first-order chi connectivity index (χ1) is 12.1. The first-order valence-electron chi connectivity index (χ1n) is 8.73. The summed E-state index contributed by atoms with van der Waals surface area (Å²) in [6, 6.07) is 0. The van der Waals surface area contributed by atoms with Crippen LogP contribution < -0.4 is 21.1 Å². The monoisotopic (exact) mass is 353 g/mol. The van der Waals surface area contributed by atoms with Gasteiger partial charge in [-0.15, -0.1) is 0 Å². The number of hydrogen-bond donors (Lipinski definition) is 5. The van der Waals surface area contributed by atoms with Gasteiger partial charge in [-0.1, -0.05) is 19.8 Å². The van der Waals surface area contributed by atoms with Crippen LogP contribution in [0.3, 0.4) is 0 Å². The molecule has 0 saturated heterocycles. The maximum absolute atomic E-state index is 12.2. The SMILES string of the molecule is CCCCCC(=O)Nc1nc2c(c(=O)[nH]1)NCN2CCC(CO)CO. The van der Waals surface area contributed by atoms with Crippen LogP contribution in [0.2, 0.25) is 0 Å². The zero-order chi connectivity index (χ0) is 18.2. The minimum Gasteiger partial charge on any atom is -0.396 e. The zero-order valence-electron chi connectivity index (χ0n) is 14.5. The molecule has 0 fully saturated rings. The summed E-state index contributed by atoms with van der Waals surface area (Å²) in [6.45, 7) is 2.84. The number of carbonyl (C=O) groups excluding carboxylic acids is 1. The first-order valence-corrected chi connectivity index (χ1v) is 8.73. The number of rotatable bonds is 10. The molecule has 1 aliphatic rings. The van der Waals surface area contributed by atoms with Crippen molar-refractivity contribution in [2.75, 3.05) is 42.0 Å². The van der Waals surface area contributed by atoms with Crippen molar-refractivity contribution in [1.82, 2.24) is 9.97 Å². The van der Waals surface area contributed by atoms with Gasteiger partial charge in [-0.3, -0.25) is 19.9 Å². The van der Waals surface area contributed by atoms with Gasteiger partial charge in [0, 0.05) is 32.1 Å². The molecule has 25 heavy (non-hydrogen) atoms. The van der Waals surface area contributed by atoms with Crippen LogP contribution in [0.15, 0.2) is 4.79 Å². The molecule has 1 aliphatic heterocycles. The lowest BCUT2D eigenvalue weighted by atomic mass is 10.1. The number of nitrogens with one attached hydrogen (secondary N) is 3. The predicted octanol–water partition coefficient (Wildman–Crippen LogP) is 0.469. The third-order valence-corrected chi connectivity index (χ3v) is 4.24. The van der Waals surface area contributed by atoms with Crippen molar-refractivity contribution in [2.45, 2.75) is 39.0 Å². The van der Waals surface area contributed by atoms with Gasteiger partial charge in [0.15, 0.2) is 5.82 Å². The highest BCUT2D eigenvalue weighted by atomic mass is 16.3. The van der Waals surface area contributed by atoms with Crippen molar-refractivity contribution in [3.8, 4) is 0 Å². The van der Waals surface area contributed by atoms with Crippen LogP contribution in [0.4, 0.5) is 17.5 Å². The van der Waals surface area contributed by atoms with Crippen LogP contribution in [0.25, 0.3) is 0 Å².